The predicted molar refractivity (Wildman–Crippen MR) is 97.3 cm³/mol. The number of H-pyrrole nitrogens is 1. The lowest BCUT2D eigenvalue weighted by Gasteiger charge is -2.26. The van der Waals surface area contributed by atoms with Crippen LogP contribution in [0.4, 0.5) is 0 Å². The zero-order valence-electron chi connectivity index (χ0n) is 13.6. The Morgan fingerprint density at radius 2 is 1.72 bits per heavy atom. The number of aromatic amines is 1. The predicted octanol–water partition coefficient (Wildman–Crippen LogP) is 2.85. The molecule has 5 heteroatoms. The van der Waals surface area contributed by atoms with E-state index < -0.39 is 0 Å². The summed E-state index contributed by atoms with van der Waals surface area (Å²) in [7, 11) is 0. The molecule has 1 aliphatic heterocycles. The smallest absolute Gasteiger partial charge is 0.275 e. The van der Waals surface area contributed by atoms with Crippen LogP contribution < -0.4 is 5.56 Å². The third kappa shape index (κ3) is 2.85. The third-order valence-electron chi connectivity index (χ3n) is 4.54. The molecule has 124 valence electrons. The van der Waals surface area contributed by atoms with Gasteiger partial charge >= 0.3 is 0 Å². The van der Waals surface area contributed by atoms with Gasteiger partial charge in [-0.3, -0.25) is 9.59 Å². The maximum absolute atomic E-state index is 12.9. The molecule has 0 bridgehead atoms. The minimum Gasteiger partial charge on any atom is -0.333 e. The number of rotatable bonds is 2. The van der Waals surface area contributed by atoms with Crippen LogP contribution in [0.15, 0.2) is 65.5 Å². The fourth-order valence-electron chi connectivity index (χ4n) is 3.20. The number of fused-ring (bicyclic) bond motifs is 1. The van der Waals surface area contributed by atoms with Crippen molar-refractivity contribution in [3.63, 3.8) is 0 Å². The molecule has 0 unspecified atom stereocenters. The number of nitrogens with zero attached hydrogens (tertiary/aromatic N) is 2. The molecule has 0 spiro atoms. The number of carbonyl (C=O) groups is 1. The molecule has 1 amide bonds. The van der Waals surface area contributed by atoms with Gasteiger partial charge in [0.15, 0.2) is 5.69 Å². The highest BCUT2D eigenvalue weighted by molar-refractivity contribution is 6.04. The van der Waals surface area contributed by atoms with Crippen LogP contribution in [0.5, 0.6) is 0 Å². The first-order chi connectivity index (χ1) is 12.2. The Labute approximate surface area is 144 Å². The molecule has 1 aliphatic rings. The number of nitrogens with one attached hydrogen (secondary N) is 1. The quantitative estimate of drug-likeness (QED) is 0.785. The minimum atomic E-state index is -0.281. The number of hydrogen-bond donors (Lipinski definition) is 1. The van der Waals surface area contributed by atoms with Crippen molar-refractivity contribution in [1.82, 2.24) is 15.1 Å². The lowest BCUT2D eigenvalue weighted by atomic mass is 9.99. The highest BCUT2D eigenvalue weighted by Crippen LogP contribution is 2.23. The zero-order chi connectivity index (χ0) is 17.2. The summed E-state index contributed by atoms with van der Waals surface area (Å²) in [6, 6.07) is 17.3. The van der Waals surface area contributed by atoms with Gasteiger partial charge < -0.3 is 4.90 Å². The van der Waals surface area contributed by atoms with Crippen LogP contribution in [-0.4, -0.2) is 34.1 Å². The summed E-state index contributed by atoms with van der Waals surface area (Å²) in [5.41, 5.74) is 2.47. The van der Waals surface area contributed by atoms with Crippen molar-refractivity contribution in [2.24, 2.45) is 0 Å². The summed E-state index contributed by atoms with van der Waals surface area (Å²) in [6.45, 7) is 1.17. The largest absolute Gasteiger partial charge is 0.333 e. The Hall–Kier alpha value is -3.21. The number of amides is 1. The van der Waals surface area contributed by atoms with Crippen LogP contribution in [0.25, 0.3) is 16.3 Å². The van der Waals surface area contributed by atoms with E-state index in [0.29, 0.717) is 29.6 Å². The van der Waals surface area contributed by atoms with E-state index >= 15 is 0 Å². The molecule has 0 fully saturated rings. The Morgan fingerprint density at radius 3 is 2.44 bits per heavy atom. The van der Waals surface area contributed by atoms with Gasteiger partial charge in [-0.1, -0.05) is 54.6 Å². The lowest BCUT2D eigenvalue weighted by Crippen LogP contribution is -2.36. The molecule has 1 N–H and O–H groups in total. The molecule has 0 atom stereocenters. The number of benzene rings is 2. The first kappa shape index (κ1) is 15.3. The molecule has 2 heterocycles. The summed E-state index contributed by atoms with van der Waals surface area (Å²) in [4.78, 5) is 26.5. The van der Waals surface area contributed by atoms with Crippen molar-refractivity contribution in [1.29, 1.82) is 0 Å². The number of carbonyl (C=O) groups excluding carboxylic acids is 1. The van der Waals surface area contributed by atoms with Gasteiger partial charge in [0, 0.05) is 18.5 Å². The van der Waals surface area contributed by atoms with E-state index in [9.17, 15) is 9.59 Å². The van der Waals surface area contributed by atoms with Gasteiger partial charge in [-0.05, 0) is 23.6 Å². The first-order valence-corrected chi connectivity index (χ1v) is 8.25. The monoisotopic (exact) mass is 331 g/mol. The molecule has 25 heavy (non-hydrogen) atoms. The summed E-state index contributed by atoms with van der Waals surface area (Å²) in [5.74, 6) is -0.157. The molecule has 0 saturated carbocycles. The zero-order valence-corrected chi connectivity index (χ0v) is 13.6. The average Bonchev–Trinajstić information content (AvgIpc) is 2.69. The van der Waals surface area contributed by atoms with Crippen LogP contribution in [0.3, 0.4) is 0 Å². The van der Waals surface area contributed by atoms with Crippen LogP contribution in [0.2, 0.25) is 0 Å². The molecule has 3 aromatic rings. The van der Waals surface area contributed by atoms with Crippen molar-refractivity contribution < 1.29 is 4.79 Å². The van der Waals surface area contributed by atoms with Crippen molar-refractivity contribution in [2.75, 3.05) is 13.1 Å². The fourth-order valence-corrected chi connectivity index (χ4v) is 3.20. The second-order valence-electron chi connectivity index (χ2n) is 6.04. The van der Waals surface area contributed by atoms with Crippen molar-refractivity contribution in [3.05, 3.63) is 82.3 Å². The standard InChI is InChI=1S/C20H17N3O2/c24-19-17-9-5-4-8-16(17)18(21-22-19)20(25)23-12-10-15(11-13-23)14-6-2-1-3-7-14/h1-10H,11-13H2,(H,22,24). The van der Waals surface area contributed by atoms with Crippen molar-refractivity contribution in [2.45, 2.75) is 6.42 Å². The van der Waals surface area contributed by atoms with Crippen molar-refractivity contribution in [3.8, 4) is 0 Å². The van der Waals surface area contributed by atoms with E-state index in [2.05, 4.69) is 28.4 Å². The molecule has 5 nitrogen and oxygen atoms in total. The molecule has 0 radical (unpaired) electrons. The molecule has 4 rings (SSSR count). The van der Waals surface area contributed by atoms with E-state index in [4.69, 9.17) is 0 Å². The van der Waals surface area contributed by atoms with Gasteiger partial charge in [-0.2, -0.15) is 5.10 Å². The summed E-state index contributed by atoms with van der Waals surface area (Å²) in [6.07, 6.45) is 2.89. The second-order valence-corrected chi connectivity index (χ2v) is 6.04. The van der Waals surface area contributed by atoms with Crippen LogP contribution in [0, 0.1) is 0 Å². The maximum atomic E-state index is 12.9. The summed E-state index contributed by atoms with van der Waals surface area (Å²) in [5, 5.41) is 7.51. The van der Waals surface area contributed by atoms with E-state index in [-0.39, 0.29) is 11.5 Å². The van der Waals surface area contributed by atoms with E-state index in [1.54, 1.807) is 23.1 Å². The highest BCUT2D eigenvalue weighted by atomic mass is 16.2. The topological polar surface area (TPSA) is 66.1 Å². The van der Waals surface area contributed by atoms with Gasteiger partial charge in [0.2, 0.25) is 0 Å². The Bertz CT molecular complexity index is 1020. The highest BCUT2D eigenvalue weighted by Gasteiger charge is 2.22. The molecule has 0 saturated heterocycles. The third-order valence-corrected chi connectivity index (χ3v) is 4.54. The minimum absolute atomic E-state index is 0.157. The fraction of sp³-hybridized carbons (Fsp3) is 0.150. The summed E-state index contributed by atoms with van der Waals surface area (Å²) >= 11 is 0. The van der Waals surface area contributed by atoms with Gasteiger partial charge in [0.1, 0.15) is 0 Å². The molecule has 2 aromatic carbocycles. The number of hydrogen-bond acceptors (Lipinski definition) is 3. The lowest BCUT2D eigenvalue weighted by molar-refractivity contribution is 0.0768. The molecular formula is C20H17N3O2. The van der Waals surface area contributed by atoms with Crippen molar-refractivity contribution >= 4 is 22.3 Å². The van der Waals surface area contributed by atoms with Crippen LogP contribution in [-0.2, 0) is 0 Å². The van der Waals surface area contributed by atoms with E-state index in [1.807, 2.05) is 24.3 Å². The number of aromatic nitrogens is 2. The average molecular weight is 331 g/mol. The Balaban J connectivity index is 1.62. The van der Waals surface area contributed by atoms with Gasteiger partial charge in [0.05, 0.1) is 5.39 Å². The van der Waals surface area contributed by atoms with Gasteiger partial charge in [0.25, 0.3) is 11.5 Å². The van der Waals surface area contributed by atoms with Crippen LogP contribution >= 0.6 is 0 Å². The SMILES string of the molecule is O=C(c1n[nH]c(=O)c2ccccc12)N1CC=C(c2ccccc2)CC1. The molecule has 1 aromatic heterocycles. The van der Waals surface area contributed by atoms with Gasteiger partial charge in [-0.25, -0.2) is 5.10 Å². The van der Waals surface area contributed by atoms with E-state index in [1.165, 1.54) is 11.1 Å². The molecule has 0 aliphatic carbocycles. The maximum Gasteiger partial charge on any atom is 0.275 e. The Kier molecular flexibility index (Phi) is 3.90. The van der Waals surface area contributed by atoms with Gasteiger partial charge in [-0.15, -0.1) is 0 Å². The van der Waals surface area contributed by atoms with Crippen LogP contribution in [0.1, 0.15) is 22.5 Å². The Morgan fingerprint density at radius 1 is 1.00 bits per heavy atom. The molecular weight excluding hydrogens is 314 g/mol. The second kappa shape index (κ2) is 6.36. The first-order valence-electron chi connectivity index (χ1n) is 8.25. The van der Waals surface area contributed by atoms with E-state index in [0.717, 1.165) is 6.42 Å². The normalized spacial score (nSPS) is 14.4. The summed E-state index contributed by atoms with van der Waals surface area (Å²) < 4.78 is 0.